The van der Waals surface area contributed by atoms with Gasteiger partial charge in [0.15, 0.2) is 11.0 Å². The lowest BCUT2D eigenvalue weighted by Crippen LogP contribution is -2.06. The minimum atomic E-state index is -4.38. The summed E-state index contributed by atoms with van der Waals surface area (Å²) in [6.07, 6.45) is -4.38. The average Bonchev–Trinajstić information content (AvgIpc) is 3.24. The van der Waals surface area contributed by atoms with Crippen LogP contribution in [-0.2, 0) is 19.0 Å². The first-order valence-electron chi connectivity index (χ1n) is 7.92. The smallest absolute Gasteiger partial charge is 0.322 e. The van der Waals surface area contributed by atoms with Crippen LogP contribution in [0, 0.1) is 0 Å². The maximum absolute atomic E-state index is 12.7. The zero-order valence-corrected chi connectivity index (χ0v) is 14.9. The van der Waals surface area contributed by atoms with Gasteiger partial charge in [0.2, 0.25) is 0 Å². The number of hydrogen-bond donors (Lipinski definition) is 0. The van der Waals surface area contributed by atoms with Gasteiger partial charge in [-0.15, -0.1) is 5.10 Å². The number of aryl methyl sites for hydroxylation is 1. The summed E-state index contributed by atoms with van der Waals surface area (Å²) < 4.78 is 41.6. The van der Waals surface area contributed by atoms with Gasteiger partial charge in [0.1, 0.15) is 0 Å². The van der Waals surface area contributed by atoms with Crippen LogP contribution in [0.2, 0.25) is 0 Å². The molecule has 10 heteroatoms. The lowest BCUT2D eigenvalue weighted by Gasteiger charge is -2.08. The molecule has 0 N–H and O–H groups in total. The molecular formula is C17H13F3N6S. The highest BCUT2D eigenvalue weighted by molar-refractivity contribution is 7.98. The third kappa shape index (κ3) is 3.39. The molecule has 6 nitrogen and oxygen atoms in total. The molecule has 0 aliphatic heterocycles. The molecule has 0 atom stereocenters. The molecule has 0 aliphatic rings. The van der Waals surface area contributed by atoms with Crippen molar-refractivity contribution in [1.29, 1.82) is 0 Å². The van der Waals surface area contributed by atoms with Gasteiger partial charge in [-0.3, -0.25) is 0 Å². The van der Waals surface area contributed by atoms with Crippen molar-refractivity contribution in [3.8, 4) is 5.69 Å². The molecule has 0 radical (unpaired) electrons. The molecule has 2 aromatic heterocycles. The van der Waals surface area contributed by atoms with E-state index in [1.165, 1.54) is 28.6 Å². The van der Waals surface area contributed by atoms with Crippen molar-refractivity contribution in [2.24, 2.45) is 7.05 Å². The first kappa shape index (κ1) is 17.5. The second kappa shape index (κ2) is 6.69. The maximum atomic E-state index is 12.7. The van der Waals surface area contributed by atoms with Crippen LogP contribution in [0.4, 0.5) is 13.2 Å². The van der Waals surface area contributed by atoms with Crippen LogP contribution in [0.25, 0.3) is 16.7 Å². The third-order valence-corrected chi connectivity index (χ3v) is 5.08. The molecule has 0 unspecified atom stereocenters. The van der Waals surface area contributed by atoms with Gasteiger partial charge in [-0.25, -0.2) is 4.98 Å². The summed E-state index contributed by atoms with van der Waals surface area (Å²) in [5.74, 6) is 0.942. The number of rotatable bonds is 4. The van der Waals surface area contributed by atoms with Gasteiger partial charge in [-0.1, -0.05) is 23.9 Å². The highest BCUT2D eigenvalue weighted by Gasteiger charge is 2.30. The minimum Gasteiger partial charge on any atom is -0.322 e. The Morgan fingerprint density at radius 1 is 1.04 bits per heavy atom. The first-order valence-corrected chi connectivity index (χ1v) is 8.91. The summed E-state index contributed by atoms with van der Waals surface area (Å²) >= 11 is 1.46. The lowest BCUT2D eigenvalue weighted by molar-refractivity contribution is -0.137. The van der Waals surface area contributed by atoms with Crippen molar-refractivity contribution in [3.63, 3.8) is 0 Å². The Bertz CT molecular complexity index is 1080. The van der Waals surface area contributed by atoms with Gasteiger partial charge in [0, 0.05) is 7.05 Å². The van der Waals surface area contributed by atoms with Crippen LogP contribution in [-0.4, -0.2) is 29.8 Å². The van der Waals surface area contributed by atoms with E-state index in [0.29, 0.717) is 17.3 Å². The summed E-state index contributed by atoms with van der Waals surface area (Å²) in [6.45, 7) is 0. The van der Waals surface area contributed by atoms with E-state index in [9.17, 15) is 13.2 Å². The van der Waals surface area contributed by atoms with Crippen LogP contribution in [0.15, 0.2) is 53.7 Å². The lowest BCUT2D eigenvalue weighted by atomic mass is 10.2. The summed E-state index contributed by atoms with van der Waals surface area (Å²) in [7, 11) is 1.93. The maximum Gasteiger partial charge on any atom is 0.416 e. The number of hydrogen-bond acceptors (Lipinski definition) is 5. The molecule has 4 aromatic rings. The van der Waals surface area contributed by atoms with Gasteiger partial charge in [0.25, 0.3) is 0 Å². The Hall–Kier alpha value is -2.88. The molecule has 27 heavy (non-hydrogen) atoms. The number of imidazole rings is 1. The molecule has 138 valence electrons. The van der Waals surface area contributed by atoms with Crippen molar-refractivity contribution in [3.05, 3.63) is 59.9 Å². The summed E-state index contributed by atoms with van der Waals surface area (Å²) in [5.41, 5.74) is 1.66. The van der Waals surface area contributed by atoms with Crippen LogP contribution in [0.5, 0.6) is 0 Å². The summed E-state index contributed by atoms with van der Waals surface area (Å²) in [6, 6.07) is 12.5. The van der Waals surface area contributed by atoms with E-state index in [2.05, 4.69) is 20.5 Å². The summed E-state index contributed by atoms with van der Waals surface area (Å²) in [4.78, 5) is 4.58. The highest BCUT2D eigenvalue weighted by Crippen LogP contribution is 2.30. The van der Waals surface area contributed by atoms with Crippen molar-refractivity contribution in [2.45, 2.75) is 17.1 Å². The molecule has 4 rings (SSSR count). The van der Waals surface area contributed by atoms with Crippen LogP contribution < -0.4 is 0 Å². The Balaban J connectivity index is 1.56. The van der Waals surface area contributed by atoms with Gasteiger partial charge >= 0.3 is 6.18 Å². The number of benzene rings is 2. The number of alkyl halides is 3. The molecule has 0 amide bonds. The van der Waals surface area contributed by atoms with Gasteiger partial charge in [-0.2, -0.15) is 17.9 Å². The van der Waals surface area contributed by atoms with Crippen molar-refractivity contribution in [2.75, 3.05) is 0 Å². The molecule has 0 aliphatic carbocycles. The van der Waals surface area contributed by atoms with E-state index in [1.807, 2.05) is 35.9 Å². The Morgan fingerprint density at radius 2 is 1.78 bits per heavy atom. The average molecular weight is 390 g/mol. The second-order valence-electron chi connectivity index (χ2n) is 5.78. The number of aromatic nitrogens is 6. The van der Waals surface area contributed by atoms with Crippen molar-refractivity contribution >= 4 is 22.8 Å². The SMILES string of the molecule is Cn1c(SCc2nnnn2-c2ccc(C(F)(F)F)cc2)nc2ccccc21. The number of para-hydroxylation sites is 2. The third-order valence-electron chi connectivity index (χ3n) is 4.05. The first-order chi connectivity index (χ1) is 12.9. The number of fused-ring (bicyclic) bond motifs is 1. The van der Waals surface area contributed by atoms with E-state index < -0.39 is 11.7 Å². The topological polar surface area (TPSA) is 61.4 Å². The fourth-order valence-corrected chi connectivity index (χ4v) is 3.56. The van der Waals surface area contributed by atoms with Gasteiger partial charge < -0.3 is 4.57 Å². The molecular weight excluding hydrogens is 377 g/mol. The van der Waals surface area contributed by atoms with Crippen molar-refractivity contribution < 1.29 is 13.2 Å². The Kier molecular flexibility index (Phi) is 4.34. The van der Waals surface area contributed by atoms with E-state index in [1.54, 1.807) is 0 Å². The van der Waals surface area contributed by atoms with E-state index >= 15 is 0 Å². The fraction of sp³-hybridized carbons (Fsp3) is 0.176. The normalized spacial score (nSPS) is 12.0. The van der Waals surface area contributed by atoms with Crippen LogP contribution >= 0.6 is 11.8 Å². The van der Waals surface area contributed by atoms with E-state index in [-0.39, 0.29) is 0 Å². The molecule has 0 fully saturated rings. The minimum absolute atomic E-state index is 0.422. The van der Waals surface area contributed by atoms with Gasteiger partial charge in [0.05, 0.1) is 28.0 Å². The largest absolute Gasteiger partial charge is 0.416 e. The summed E-state index contributed by atoms with van der Waals surface area (Å²) in [5, 5.41) is 12.3. The monoisotopic (exact) mass is 390 g/mol. The van der Waals surface area contributed by atoms with Crippen LogP contribution in [0.3, 0.4) is 0 Å². The molecule has 0 saturated heterocycles. The molecule has 0 bridgehead atoms. The quantitative estimate of drug-likeness (QED) is 0.495. The van der Waals surface area contributed by atoms with E-state index in [4.69, 9.17) is 0 Å². The number of halogens is 3. The zero-order chi connectivity index (χ0) is 19.0. The fourth-order valence-electron chi connectivity index (χ4n) is 2.67. The number of nitrogens with zero attached hydrogens (tertiary/aromatic N) is 6. The highest BCUT2D eigenvalue weighted by atomic mass is 32.2. The Morgan fingerprint density at radius 3 is 2.48 bits per heavy atom. The Labute approximate surface area is 156 Å². The molecule has 2 aromatic carbocycles. The second-order valence-corrected chi connectivity index (χ2v) is 6.72. The van der Waals surface area contributed by atoms with Gasteiger partial charge in [-0.05, 0) is 46.8 Å². The zero-order valence-electron chi connectivity index (χ0n) is 14.1. The van der Waals surface area contributed by atoms with Crippen LogP contribution in [0.1, 0.15) is 11.4 Å². The number of tetrazole rings is 1. The molecule has 0 spiro atoms. The molecule has 2 heterocycles. The predicted molar refractivity (Wildman–Crippen MR) is 94.4 cm³/mol. The van der Waals surface area contributed by atoms with Crippen molar-refractivity contribution in [1.82, 2.24) is 29.8 Å². The predicted octanol–water partition coefficient (Wildman–Crippen LogP) is 3.86. The standard InChI is InChI=1S/C17H13F3N6S/c1-25-14-5-3-2-4-13(14)21-16(25)27-10-15-22-23-24-26(15)12-8-6-11(7-9-12)17(18,19)20/h2-9H,10H2,1H3. The van der Waals surface area contributed by atoms with E-state index in [0.717, 1.165) is 28.3 Å². The number of thioether (sulfide) groups is 1. The molecule has 0 saturated carbocycles.